The van der Waals surface area contributed by atoms with Gasteiger partial charge in [0.1, 0.15) is 5.56 Å². The van der Waals surface area contributed by atoms with E-state index < -0.39 is 10.8 Å². The zero-order valence-corrected chi connectivity index (χ0v) is 11.4. The molecular formula is C16H11N3O3. The van der Waals surface area contributed by atoms with Crippen LogP contribution in [0.3, 0.4) is 0 Å². The Hall–Kier alpha value is -3.46. The summed E-state index contributed by atoms with van der Waals surface area (Å²) in [6.45, 7) is 0. The molecule has 0 bridgehead atoms. The third kappa shape index (κ3) is 4.02. The third-order valence-electron chi connectivity index (χ3n) is 2.63. The number of nitrogens with zero attached hydrogens (tertiary/aromatic N) is 2. The van der Waals surface area contributed by atoms with E-state index in [1.165, 1.54) is 24.4 Å². The van der Waals surface area contributed by atoms with Gasteiger partial charge >= 0.3 is 0 Å². The lowest BCUT2D eigenvalue weighted by Crippen LogP contribution is -2.18. The number of hydrogen-bond acceptors (Lipinski definition) is 4. The number of carbonyl (C=O) groups excluding carboxylic acids is 1. The number of hydrazone groups is 1. The fourth-order valence-corrected chi connectivity index (χ4v) is 1.65. The molecule has 0 radical (unpaired) electrons. The number of para-hydroxylation sites is 1. The van der Waals surface area contributed by atoms with Crippen LogP contribution in [0.1, 0.15) is 15.9 Å². The van der Waals surface area contributed by atoms with Gasteiger partial charge in [0.05, 0.1) is 11.1 Å². The number of nitro benzene ring substituents is 1. The molecule has 0 aliphatic carbocycles. The lowest BCUT2D eigenvalue weighted by atomic mass is 10.2. The molecule has 0 aliphatic rings. The topological polar surface area (TPSA) is 84.6 Å². The highest BCUT2D eigenvalue weighted by Gasteiger charge is 2.18. The van der Waals surface area contributed by atoms with Crippen LogP contribution in [-0.4, -0.2) is 17.0 Å². The van der Waals surface area contributed by atoms with Crippen molar-refractivity contribution in [1.82, 2.24) is 5.43 Å². The Morgan fingerprint density at radius 3 is 2.55 bits per heavy atom. The smallest absolute Gasteiger partial charge is 0.267 e. The number of hydrogen-bond donors (Lipinski definition) is 1. The van der Waals surface area contributed by atoms with E-state index in [0.717, 1.165) is 5.56 Å². The Balaban J connectivity index is 2.01. The minimum atomic E-state index is -0.662. The second-order valence-electron chi connectivity index (χ2n) is 4.11. The summed E-state index contributed by atoms with van der Waals surface area (Å²) in [6.07, 6.45) is 1.22. The number of amides is 1. The average Bonchev–Trinajstić information content (AvgIpc) is 2.55. The second-order valence-corrected chi connectivity index (χ2v) is 4.11. The van der Waals surface area contributed by atoms with Gasteiger partial charge in [-0.25, -0.2) is 5.43 Å². The van der Waals surface area contributed by atoms with Gasteiger partial charge in [0.2, 0.25) is 0 Å². The molecule has 2 aromatic rings. The van der Waals surface area contributed by atoms with Crippen LogP contribution in [0.5, 0.6) is 0 Å². The van der Waals surface area contributed by atoms with Gasteiger partial charge in [-0.1, -0.05) is 36.3 Å². The van der Waals surface area contributed by atoms with Gasteiger partial charge < -0.3 is 0 Å². The first-order valence-electron chi connectivity index (χ1n) is 6.30. The van der Waals surface area contributed by atoms with E-state index in [2.05, 4.69) is 22.4 Å². The van der Waals surface area contributed by atoms with Gasteiger partial charge in [-0.3, -0.25) is 14.9 Å². The van der Waals surface area contributed by atoms with Crippen molar-refractivity contribution in [3.8, 4) is 11.8 Å². The molecule has 22 heavy (non-hydrogen) atoms. The van der Waals surface area contributed by atoms with E-state index in [1.54, 1.807) is 6.07 Å². The van der Waals surface area contributed by atoms with Crippen LogP contribution in [0.15, 0.2) is 59.7 Å². The van der Waals surface area contributed by atoms with Gasteiger partial charge in [-0.2, -0.15) is 5.10 Å². The van der Waals surface area contributed by atoms with Crippen LogP contribution in [0, 0.1) is 22.0 Å². The van der Waals surface area contributed by atoms with Crippen molar-refractivity contribution in [3.63, 3.8) is 0 Å². The zero-order chi connectivity index (χ0) is 15.8. The van der Waals surface area contributed by atoms with Crippen LogP contribution >= 0.6 is 0 Å². The molecule has 0 heterocycles. The second kappa shape index (κ2) is 7.36. The molecule has 0 aromatic heterocycles. The van der Waals surface area contributed by atoms with Crippen LogP contribution in [0.25, 0.3) is 0 Å². The summed E-state index contributed by atoms with van der Waals surface area (Å²) < 4.78 is 0. The molecule has 1 N–H and O–H groups in total. The highest BCUT2D eigenvalue weighted by molar-refractivity contribution is 5.98. The summed E-state index contributed by atoms with van der Waals surface area (Å²) in [5, 5.41) is 14.5. The molecule has 0 saturated heterocycles. The highest BCUT2D eigenvalue weighted by atomic mass is 16.6. The van der Waals surface area contributed by atoms with E-state index in [9.17, 15) is 14.9 Å². The van der Waals surface area contributed by atoms with Gasteiger partial charge in [0, 0.05) is 11.6 Å². The predicted molar refractivity (Wildman–Crippen MR) is 82.4 cm³/mol. The molecule has 0 saturated carbocycles. The Kier molecular flexibility index (Phi) is 5.00. The molecule has 108 valence electrons. The molecule has 0 aliphatic heterocycles. The van der Waals surface area contributed by atoms with Crippen LogP contribution in [0.2, 0.25) is 0 Å². The Morgan fingerprint density at radius 1 is 1.14 bits per heavy atom. The molecule has 6 heteroatoms. The largest absolute Gasteiger partial charge is 0.282 e. The monoisotopic (exact) mass is 293 g/mol. The lowest BCUT2D eigenvalue weighted by Gasteiger charge is -2.00. The predicted octanol–water partition coefficient (Wildman–Crippen LogP) is 2.36. The minimum absolute atomic E-state index is 0.0549. The van der Waals surface area contributed by atoms with Crippen molar-refractivity contribution in [2.75, 3.05) is 0 Å². The molecule has 0 spiro atoms. The van der Waals surface area contributed by atoms with E-state index in [4.69, 9.17) is 0 Å². The lowest BCUT2D eigenvalue weighted by molar-refractivity contribution is -0.385. The van der Waals surface area contributed by atoms with Crippen LogP contribution in [0.4, 0.5) is 5.69 Å². The van der Waals surface area contributed by atoms with E-state index in [1.807, 2.05) is 30.3 Å². The number of carbonyl (C=O) groups is 1. The molecule has 0 atom stereocenters. The summed E-state index contributed by atoms with van der Waals surface area (Å²) in [6, 6.07) is 14.9. The quantitative estimate of drug-likeness (QED) is 0.408. The molecular weight excluding hydrogens is 282 g/mol. The van der Waals surface area contributed by atoms with Crippen molar-refractivity contribution < 1.29 is 9.72 Å². The van der Waals surface area contributed by atoms with E-state index in [-0.39, 0.29) is 11.3 Å². The molecule has 0 unspecified atom stereocenters. The number of nitrogens with one attached hydrogen (secondary N) is 1. The van der Waals surface area contributed by atoms with E-state index in [0.29, 0.717) is 0 Å². The molecule has 2 rings (SSSR count). The molecule has 1 amide bonds. The maximum atomic E-state index is 11.8. The zero-order valence-electron chi connectivity index (χ0n) is 11.4. The van der Waals surface area contributed by atoms with Crippen LogP contribution in [-0.2, 0) is 0 Å². The molecule has 2 aromatic carbocycles. The average molecular weight is 293 g/mol. The Labute approximate surface area is 126 Å². The van der Waals surface area contributed by atoms with E-state index >= 15 is 0 Å². The number of benzene rings is 2. The fourth-order valence-electron chi connectivity index (χ4n) is 1.65. The maximum Gasteiger partial charge on any atom is 0.282 e. The van der Waals surface area contributed by atoms with Crippen molar-refractivity contribution in [3.05, 3.63) is 75.8 Å². The van der Waals surface area contributed by atoms with Gasteiger partial charge in [0.25, 0.3) is 11.6 Å². The Bertz CT molecular complexity index is 774. The van der Waals surface area contributed by atoms with Gasteiger partial charge in [-0.15, -0.1) is 0 Å². The first kappa shape index (κ1) is 14.9. The first-order valence-corrected chi connectivity index (χ1v) is 6.30. The fraction of sp³-hybridized carbons (Fsp3) is 0. The highest BCUT2D eigenvalue weighted by Crippen LogP contribution is 2.17. The molecule has 0 fully saturated rings. The van der Waals surface area contributed by atoms with Crippen molar-refractivity contribution in [1.29, 1.82) is 0 Å². The van der Waals surface area contributed by atoms with Crippen molar-refractivity contribution in [2.45, 2.75) is 0 Å². The SMILES string of the molecule is O=C(NN=CC#Cc1ccccc1)c1ccccc1[N+](=O)[O-]. The minimum Gasteiger partial charge on any atom is -0.267 e. The normalized spacial score (nSPS) is 9.82. The number of rotatable bonds is 3. The van der Waals surface area contributed by atoms with Crippen LogP contribution < -0.4 is 5.43 Å². The van der Waals surface area contributed by atoms with Gasteiger partial charge in [0.15, 0.2) is 0 Å². The Morgan fingerprint density at radius 2 is 1.82 bits per heavy atom. The third-order valence-corrected chi connectivity index (χ3v) is 2.63. The summed E-state index contributed by atoms with van der Waals surface area (Å²) in [5.41, 5.74) is 2.69. The summed E-state index contributed by atoms with van der Waals surface area (Å²) in [7, 11) is 0. The standard InChI is InChI=1S/C16H11N3O3/c20-16(14-10-4-5-11-15(14)19(21)22)18-17-12-6-9-13-7-2-1-3-8-13/h1-5,7-8,10-12H,(H,18,20). The van der Waals surface area contributed by atoms with Crippen molar-refractivity contribution in [2.24, 2.45) is 5.10 Å². The summed E-state index contributed by atoms with van der Waals surface area (Å²) in [5.74, 6) is 4.82. The first-order chi connectivity index (χ1) is 10.7. The molecule has 6 nitrogen and oxygen atoms in total. The van der Waals surface area contributed by atoms with Crippen molar-refractivity contribution >= 4 is 17.8 Å². The maximum absolute atomic E-state index is 11.8. The number of nitro groups is 1. The summed E-state index contributed by atoms with van der Waals surface area (Å²) >= 11 is 0. The van der Waals surface area contributed by atoms with Gasteiger partial charge in [-0.05, 0) is 24.1 Å². The summed E-state index contributed by atoms with van der Waals surface area (Å²) in [4.78, 5) is 22.0.